The molecule has 0 amide bonds. The third-order valence-corrected chi connectivity index (χ3v) is 3.19. The molecule has 5 heteroatoms. The van der Waals surface area contributed by atoms with Crippen molar-refractivity contribution in [3.8, 4) is 11.5 Å². The van der Waals surface area contributed by atoms with Gasteiger partial charge < -0.3 is 15.0 Å². The Hall–Kier alpha value is -2.91. The lowest BCUT2D eigenvalue weighted by Crippen LogP contribution is -2.28. The summed E-state index contributed by atoms with van der Waals surface area (Å²) < 4.78 is 11.0. The van der Waals surface area contributed by atoms with Gasteiger partial charge in [0.25, 0.3) is 5.78 Å². The predicted octanol–water partition coefficient (Wildman–Crippen LogP) is 2.51. The van der Waals surface area contributed by atoms with Crippen LogP contribution in [0.1, 0.15) is 15.9 Å². The van der Waals surface area contributed by atoms with Gasteiger partial charge in [-0.05, 0) is 23.8 Å². The van der Waals surface area contributed by atoms with Crippen LogP contribution in [0.3, 0.4) is 0 Å². The molecular formula is C16H12N2O3. The number of ether oxygens (including phenoxy) is 2. The second kappa shape index (κ2) is 5.61. The molecule has 21 heavy (non-hydrogen) atoms. The van der Waals surface area contributed by atoms with Gasteiger partial charge in [-0.3, -0.25) is 4.79 Å². The molecule has 1 aliphatic rings. The molecule has 0 bridgehead atoms. The average Bonchev–Trinajstić information content (AvgIpc) is 2.54. The normalized spacial score (nSPS) is 13.1. The van der Waals surface area contributed by atoms with Gasteiger partial charge in [0.2, 0.25) is 0 Å². The summed E-state index contributed by atoms with van der Waals surface area (Å²) in [5, 5.41) is 0. The molecule has 1 aliphatic heterocycles. The van der Waals surface area contributed by atoms with E-state index in [4.69, 9.17) is 15.0 Å². The first-order valence-corrected chi connectivity index (χ1v) is 6.47. The zero-order valence-electron chi connectivity index (χ0n) is 11.2. The molecule has 0 unspecified atom stereocenters. The minimum atomic E-state index is -0.344. The van der Waals surface area contributed by atoms with Gasteiger partial charge in [0.05, 0.1) is 5.56 Å². The average molecular weight is 280 g/mol. The van der Waals surface area contributed by atoms with E-state index < -0.39 is 0 Å². The smallest absolute Gasteiger partial charge is 0.376 e. The summed E-state index contributed by atoms with van der Waals surface area (Å²) in [5.41, 5.74) is 10.1. The van der Waals surface area contributed by atoms with Gasteiger partial charge in [-0.1, -0.05) is 30.3 Å². The van der Waals surface area contributed by atoms with Gasteiger partial charge >= 0.3 is 5.71 Å². The molecule has 2 aromatic rings. The maximum atomic E-state index is 12.0. The van der Waals surface area contributed by atoms with E-state index in [-0.39, 0.29) is 18.1 Å². The molecule has 0 aromatic heterocycles. The number of Topliss-reactive ketones (excluding diaryl/α,β-unsaturated/α-hetero) is 1. The first-order valence-electron chi connectivity index (χ1n) is 6.47. The molecule has 0 radical (unpaired) electrons. The first kappa shape index (κ1) is 13.1. The van der Waals surface area contributed by atoms with Crippen molar-refractivity contribution >= 4 is 11.5 Å². The summed E-state index contributed by atoms with van der Waals surface area (Å²) in [6.45, 7) is 0.391. The zero-order chi connectivity index (χ0) is 14.7. The number of rotatable bonds is 3. The van der Waals surface area contributed by atoms with Crippen LogP contribution in [0.15, 0.2) is 48.5 Å². The predicted molar refractivity (Wildman–Crippen MR) is 75.7 cm³/mol. The van der Waals surface area contributed by atoms with E-state index in [2.05, 4.69) is 4.79 Å². The number of nitrogens with zero attached hydrogens (tertiary/aromatic N) is 2. The lowest BCUT2D eigenvalue weighted by molar-refractivity contribution is -0.0132. The molecule has 2 aromatic carbocycles. The van der Waals surface area contributed by atoms with E-state index in [9.17, 15) is 4.79 Å². The summed E-state index contributed by atoms with van der Waals surface area (Å²) in [7, 11) is 0. The monoisotopic (exact) mass is 280 g/mol. The molecule has 0 fully saturated rings. The van der Waals surface area contributed by atoms with Gasteiger partial charge in [-0.2, -0.15) is 4.79 Å². The molecule has 0 atom stereocenters. The summed E-state index contributed by atoms with van der Waals surface area (Å²) >= 11 is 0. The standard InChI is InChI=1S/C16H12N2O3/c17-18-14-10-21-15-7-6-12(8-13(15)16(14)19)20-9-11-4-2-1-3-5-11/h1-8H,9-10H2. The Morgan fingerprint density at radius 1 is 1.19 bits per heavy atom. The first-order chi connectivity index (χ1) is 10.3. The molecule has 0 saturated carbocycles. The molecule has 0 aliphatic carbocycles. The Morgan fingerprint density at radius 2 is 2.00 bits per heavy atom. The molecular weight excluding hydrogens is 268 g/mol. The van der Waals surface area contributed by atoms with Crippen LogP contribution in [-0.4, -0.2) is 22.9 Å². The van der Waals surface area contributed by atoms with Gasteiger partial charge in [-0.15, -0.1) is 0 Å². The Kier molecular flexibility index (Phi) is 3.50. The van der Waals surface area contributed by atoms with Crippen molar-refractivity contribution in [1.82, 2.24) is 0 Å². The van der Waals surface area contributed by atoms with Crippen molar-refractivity contribution in [2.24, 2.45) is 0 Å². The van der Waals surface area contributed by atoms with Crippen LogP contribution >= 0.6 is 0 Å². The van der Waals surface area contributed by atoms with E-state index >= 15 is 0 Å². The number of hydrogen-bond acceptors (Lipinski definition) is 3. The second-order valence-corrected chi connectivity index (χ2v) is 4.60. The van der Waals surface area contributed by atoms with Gasteiger partial charge in [-0.25, -0.2) is 0 Å². The molecule has 1 heterocycles. The molecule has 104 valence electrons. The summed E-state index contributed by atoms with van der Waals surface area (Å²) in [5.74, 6) is 0.692. The second-order valence-electron chi connectivity index (χ2n) is 4.60. The third-order valence-electron chi connectivity index (χ3n) is 3.19. The van der Waals surface area contributed by atoms with E-state index in [1.165, 1.54) is 0 Å². The minimum Gasteiger partial charge on any atom is -0.489 e. The van der Waals surface area contributed by atoms with Crippen molar-refractivity contribution in [3.05, 3.63) is 65.2 Å². The van der Waals surface area contributed by atoms with Crippen LogP contribution < -0.4 is 9.47 Å². The topological polar surface area (TPSA) is 71.9 Å². The van der Waals surface area contributed by atoms with Crippen molar-refractivity contribution in [2.45, 2.75) is 6.61 Å². The van der Waals surface area contributed by atoms with Crippen molar-refractivity contribution in [3.63, 3.8) is 0 Å². The Labute approximate surface area is 121 Å². The highest BCUT2D eigenvalue weighted by Crippen LogP contribution is 2.28. The van der Waals surface area contributed by atoms with Gasteiger partial charge in [0.1, 0.15) is 18.1 Å². The van der Waals surface area contributed by atoms with Crippen molar-refractivity contribution in [1.29, 1.82) is 0 Å². The van der Waals surface area contributed by atoms with Gasteiger partial charge in [0, 0.05) is 0 Å². The fraction of sp³-hybridized carbons (Fsp3) is 0.125. The zero-order valence-corrected chi connectivity index (χ0v) is 11.2. The lowest BCUT2D eigenvalue weighted by Gasteiger charge is -2.14. The van der Waals surface area contributed by atoms with Crippen molar-refractivity contribution in [2.75, 3.05) is 6.61 Å². The summed E-state index contributed by atoms with van der Waals surface area (Å²) in [6.07, 6.45) is 0. The highest BCUT2D eigenvalue weighted by atomic mass is 16.5. The van der Waals surface area contributed by atoms with Crippen LogP contribution in [0.25, 0.3) is 5.53 Å². The SMILES string of the molecule is [N-]=[N+]=C1COc2ccc(OCc3ccccc3)cc2C1=O. The molecule has 5 nitrogen and oxygen atoms in total. The third kappa shape index (κ3) is 2.68. The minimum absolute atomic E-state index is 0.0114. The Balaban J connectivity index is 1.81. The van der Waals surface area contributed by atoms with E-state index in [0.717, 1.165) is 5.56 Å². The Bertz CT molecular complexity index is 734. The maximum Gasteiger partial charge on any atom is 0.376 e. The molecule has 0 N–H and O–H groups in total. The quantitative estimate of drug-likeness (QED) is 0.640. The number of fused-ring (bicyclic) bond motifs is 1. The van der Waals surface area contributed by atoms with E-state index in [0.29, 0.717) is 23.7 Å². The van der Waals surface area contributed by atoms with Crippen LogP contribution in [0.4, 0.5) is 0 Å². The number of hydrogen-bond donors (Lipinski definition) is 0. The fourth-order valence-corrected chi connectivity index (χ4v) is 2.08. The number of carbonyl (C=O) groups is 1. The van der Waals surface area contributed by atoms with Crippen LogP contribution in [0.5, 0.6) is 11.5 Å². The number of carbonyl (C=O) groups excluding carboxylic acids is 1. The maximum absolute atomic E-state index is 12.0. The molecule has 3 rings (SSSR count). The number of ketones is 1. The van der Waals surface area contributed by atoms with Gasteiger partial charge in [0.15, 0.2) is 6.61 Å². The molecule has 0 spiro atoms. The van der Waals surface area contributed by atoms with Crippen LogP contribution in [0, 0.1) is 0 Å². The highest BCUT2D eigenvalue weighted by Gasteiger charge is 2.31. The van der Waals surface area contributed by atoms with Crippen LogP contribution in [-0.2, 0) is 6.61 Å². The molecule has 0 saturated heterocycles. The summed E-state index contributed by atoms with van der Waals surface area (Å²) in [4.78, 5) is 15.0. The van der Waals surface area contributed by atoms with Crippen molar-refractivity contribution < 1.29 is 19.1 Å². The Morgan fingerprint density at radius 3 is 2.76 bits per heavy atom. The number of benzene rings is 2. The highest BCUT2D eigenvalue weighted by molar-refractivity contribution is 6.45. The largest absolute Gasteiger partial charge is 0.489 e. The lowest BCUT2D eigenvalue weighted by atomic mass is 10.0. The van der Waals surface area contributed by atoms with Crippen LogP contribution in [0.2, 0.25) is 0 Å². The summed E-state index contributed by atoms with van der Waals surface area (Å²) in [6, 6.07) is 14.8. The fourth-order valence-electron chi connectivity index (χ4n) is 2.08. The van der Waals surface area contributed by atoms with E-state index in [1.807, 2.05) is 30.3 Å². The van der Waals surface area contributed by atoms with E-state index in [1.54, 1.807) is 18.2 Å².